The summed E-state index contributed by atoms with van der Waals surface area (Å²) in [6.07, 6.45) is -2.80. The minimum absolute atomic E-state index is 0.0228. The van der Waals surface area contributed by atoms with Gasteiger partial charge in [0, 0.05) is 11.9 Å². The standard InChI is InChI=1S/C13H10F3N5O/c1-8-2-4-9(5-3-8)18-11-10(12-19-17-7-22-12)6-21(20-11)13(14,15)16/h2-7H,1H3,(H,18,20). The molecule has 0 aliphatic rings. The zero-order chi connectivity index (χ0) is 15.7. The van der Waals surface area contributed by atoms with Crippen molar-refractivity contribution in [1.29, 1.82) is 0 Å². The minimum atomic E-state index is -4.64. The lowest BCUT2D eigenvalue weighted by atomic mass is 10.2. The van der Waals surface area contributed by atoms with Crippen LogP contribution in [0.5, 0.6) is 0 Å². The molecule has 0 radical (unpaired) electrons. The summed E-state index contributed by atoms with van der Waals surface area (Å²) in [6, 6.07) is 7.13. The van der Waals surface area contributed by atoms with Crippen LogP contribution in [0.15, 0.2) is 41.3 Å². The van der Waals surface area contributed by atoms with Crippen LogP contribution in [0, 0.1) is 6.92 Å². The summed E-state index contributed by atoms with van der Waals surface area (Å²) in [4.78, 5) is 0. The first-order chi connectivity index (χ1) is 10.4. The highest BCUT2D eigenvalue weighted by atomic mass is 19.4. The monoisotopic (exact) mass is 309 g/mol. The number of halogens is 3. The predicted molar refractivity (Wildman–Crippen MR) is 71.3 cm³/mol. The van der Waals surface area contributed by atoms with E-state index in [0.717, 1.165) is 18.2 Å². The number of anilines is 2. The number of nitrogens with zero attached hydrogens (tertiary/aromatic N) is 4. The summed E-state index contributed by atoms with van der Waals surface area (Å²) in [5, 5.41) is 13.4. The van der Waals surface area contributed by atoms with Gasteiger partial charge in [-0.3, -0.25) is 0 Å². The topological polar surface area (TPSA) is 68.8 Å². The lowest BCUT2D eigenvalue weighted by Gasteiger charge is -2.06. The zero-order valence-corrected chi connectivity index (χ0v) is 11.3. The SMILES string of the molecule is Cc1ccc(Nc2nn(C(F)(F)F)cc2-c2nnco2)cc1. The minimum Gasteiger partial charge on any atom is -0.423 e. The summed E-state index contributed by atoms with van der Waals surface area (Å²) in [7, 11) is 0. The molecule has 0 amide bonds. The molecule has 9 heteroatoms. The van der Waals surface area contributed by atoms with E-state index < -0.39 is 6.30 Å². The van der Waals surface area contributed by atoms with Crippen molar-refractivity contribution in [3.05, 3.63) is 42.4 Å². The van der Waals surface area contributed by atoms with E-state index in [1.165, 1.54) is 0 Å². The second-order valence-electron chi connectivity index (χ2n) is 4.54. The van der Waals surface area contributed by atoms with E-state index in [9.17, 15) is 13.2 Å². The molecule has 3 rings (SSSR count). The summed E-state index contributed by atoms with van der Waals surface area (Å²) < 4.78 is 43.3. The highest BCUT2D eigenvalue weighted by Crippen LogP contribution is 2.32. The van der Waals surface area contributed by atoms with Crippen molar-refractivity contribution in [1.82, 2.24) is 20.0 Å². The van der Waals surface area contributed by atoms with Crippen LogP contribution < -0.4 is 5.32 Å². The Morgan fingerprint density at radius 3 is 2.50 bits per heavy atom. The van der Waals surface area contributed by atoms with Gasteiger partial charge >= 0.3 is 6.30 Å². The summed E-state index contributed by atoms with van der Waals surface area (Å²) in [5.74, 6) is -0.0736. The molecule has 0 bridgehead atoms. The molecular formula is C13H10F3N5O. The highest BCUT2D eigenvalue weighted by Gasteiger charge is 2.34. The van der Waals surface area contributed by atoms with Gasteiger partial charge in [0.2, 0.25) is 6.39 Å². The van der Waals surface area contributed by atoms with Crippen molar-refractivity contribution in [3.63, 3.8) is 0 Å². The molecular weight excluding hydrogens is 299 g/mol. The maximum atomic E-state index is 12.8. The zero-order valence-electron chi connectivity index (χ0n) is 11.3. The lowest BCUT2D eigenvalue weighted by molar-refractivity contribution is -0.212. The van der Waals surface area contributed by atoms with Gasteiger partial charge in [0.15, 0.2) is 5.82 Å². The maximum Gasteiger partial charge on any atom is 0.504 e. The van der Waals surface area contributed by atoms with Gasteiger partial charge in [-0.05, 0) is 19.1 Å². The highest BCUT2D eigenvalue weighted by molar-refractivity contribution is 5.73. The Kier molecular flexibility index (Phi) is 3.32. The molecule has 6 nitrogen and oxygen atoms in total. The van der Waals surface area contributed by atoms with Crippen LogP contribution >= 0.6 is 0 Å². The van der Waals surface area contributed by atoms with Crippen molar-refractivity contribution < 1.29 is 17.6 Å². The van der Waals surface area contributed by atoms with Gasteiger partial charge in [-0.25, -0.2) is 0 Å². The maximum absolute atomic E-state index is 12.8. The smallest absolute Gasteiger partial charge is 0.423 e. The first-order valence-electron chi connectivity index (χ1n) is 6.20. The first-order valence-corrected chi connectivity index (χ1v) is 6.20. The van der Waals surface area contributed by atoms with E-state index in [1.54, 1.807) is 12.1 Å². The van der Waals surface area contributed by atoms with Crippen LogP contribution in [0.4, 0.5) is 24.7 Å². The molecule has 0 spiro atoms. The molecule has 0 saturated heterocycles. The number of rotatable bonds is 3. The number of hydrogen-bond acceptors (Lipinski definition) is 5. The quantitative estimate of drug-likeness (QED) is 0.802. The average molecular weight is 309 g/mol. The summed E-state index contributed by atoms with van der Waals surface area (Å²) in [6.45, 7) is 1.91. The fourth-order valence-electron chi connectivity index (χ4n) is 1.82. The third-order valence-electron chi connectivity index (χ3n) is 2.88. The molecule has 114 valence electrons. The Hall–Kier alpha value is -2.84. The molecule has 2 aromatic heterocycles. The molecule has 0 saturated carbocycles. The van der Waals surface area contributed by atoms with E-state index in [4.69, 9.17) is 4.42 Å². The number of aryl methyl sites for hydroxylation is 1. The third-order valence-corrected chi connectivity index (χ3v) is 2.88. The fraction of sp³-hybridized carbons (Fsp3) is 0.154. The molecule has 0 aliphatic heterocycles. The van der Waals surface area contributed by atoms with E-state index in [0.29, 0.717) is 5.69 Å². The van der Waals surface area contributed by atoms with Gasteiger partial charge < -0.3 is 9.73 Å². The van der Waals surface area contributed by atoms with Crippen molar-refractivity contribution in [2.75, 3.05) is 5.32 Å². The van der Waals surface area contributed by atoms with Crippen LogP contribution in [0.25, 0.3) is 11.5 Å². The van der Waals surface area contributed by atoms with Gasteiger partial charge in [-0.15, -0.1) is 28.5 Å². The van der Waals surface area contributed by atoms with E-state index in [2.05, 4.69) is 20.6 Å². The van der Waals surface area contributed by atoms with Gasteiger partial charge in [-0.1, -0.05) is 17.7 Å². The molecule has 3 aromatic rings. The molecule has 0 fully saturated rings. The van der Waals surface area contributed by atoms with Crippen LogP contribution in [0.2, 0.25) is 0 Å². The molecule has 1 N–H and O–H groups in total. The largest absolute Gasteiger partial charge is 0.504 e. The van der Waals surface area contributed by atoms with Gasteiger partial charge in [-0.2, -0.15) is 4.68 Å². The second kappa shape index (κ2) is 5.17. The first kappa shape index (κ1) is 14.1. The second-order valence-corrected chi connectivity index (χ2v) is 4.54. The predicted octanol–water partition coefficient (Wildman–Crippen LogP) is 3.46. The normalized spacial score (nSPS) is 11.6. The van der Waals surface area contributed by atoms with Gasteiger partial charge in [0.25, 0.3) is 5.89 Å². The lowest BCUT2D eigenvalue weighted by Crippen LogP contribution is -2.17. The van der Waals surface area contributed by atoms with E-state index in [-0.39, 0.29) is 22.0 Å². The average Bonchev–Trinajstić information content (AvgIpc) is 3.09. The number of hydrogen-bond donors (Lipinski definition) is 1. The van der Waals surface area contributed by atoms with Crippen LogP contribution in [-0.2, 0) is 6.30 Å². The summed E-state index contributed by atoms with van der Waals surface area (Å²) in [5.41, 5.74) is 1.69. The van der Waals surface area contributed by atoms with E-state index in [1.807, 2.05) is 19.1 Å². The van der Waals surface area contributed by atoms with Crippen molar-refractivity contribution >= 4 is 11.5 Å². The van der Waals surface area contributed by atoms with Crippen LogP contribution in [-0.4, -0.2) is 20.0 Å². The summed E-state index contributed by atoms with van der Waals surface area (Å²) >= 11 is 0. The Bertz CT molecular complexity index is 762. The fourth-order valence-corrected chi connectivity index (χ4v) is 1.82. The molecule has 1 aromatic carbocycles. The molecule has 0 unspecified atom stereocenters. The Morgan fingerprint density at radius 1 is 1.18 bits per heavy atom. The molecule has 0 atom stereocenters. The van der Waals surface area contributed by atoms with Crippen molar-refractivity contribution in [2.45, 2.75) is 13.2 Å². The number of nitrogens with one attached hydrogen (secondary N) is 1. The Morgan fingerprint density at radius 2 is 1.91 bits per heavy atom. The third kappa shape index (κ3) is 2.78. The molecule has 22 heavy (non-hydrogen) atoms. The number of alkyl halides is 3. The van der Waals surface area contributed by atoms with Gasteiger partial charge in [0.05, 0.1) is 0 Å². The Labute approximate surface area is 122 Å². The van der Waals surface area contributed by atoms with Crippen molar-refractivity contribution in [2.24, 2.45) is 0 Å². The molecule has 2 heterocycles. The van der Waals surface area contributed by atoms with Gasteiger partial charge in [0.1, 0.15) is 5.56 Å². The number of benzene rings is 1. The Balaban J connectivity index is 2.01. The molecule has 0 aliphatic carbocycles. The van der Waals surface area contributed by atoms with Crippen LogP contribution in [0.3, 0.4) is 0 Å². The van der Waals surface area contributed by atoms with E-state index >= 15 is 0 Å². The number of aromatic nitrogens is 4. The van der Waals surface area contributed by atoms with Crippen molar-refractivity contribution in [3.8, 4) is 11.5 Å². The van der Waals surface area contributed by atoms with Crippen LogP contribution in [0.1, 0.15) is 5.56 Å².